The summed E-state index contributed by atoms with van der Waals surface area (Å²) in [7, 11) is -3.37. The molecule has 17 heavy (non-hydrogen) atoms. The molecule has 3 nitrogen and oxygen atoms in total. The molecule has 0 saturated carbocycles. The first-order valence-electron chi connectivity index (χ1n) is 5.05. The van der Waals surface area contributed by atoms with E-state index < -0.39 is 10.0 Å². The lowest BCUT2D eigenvalue weighted by atomic mass is 10.4. The zero-order valence-corrected chi connectivity index (χ0v) is 12.9. The predicted octanol–water partition coefficient (Wildman–Crippen LogP) is 2.84. The van der Waals surface area contributed by atoms with Gasteiger partial charge in [-0.2, -0.15) is 16.1 Å². The van der Waals surface area contributed by atoms with Crippen molar-refractivity contribution in [2.24, 2.45) is 0 Å². The molecule has 0 atom stereocenters. The van der Waals surface area contributed by atoms with E-state index in [1.807, 2.05) is 0 Å². The molecule has 0 spiro atoms. The van der Waals surface area contributed by atoms with E-state index in [0.717, 1.165) is 11.5 Å². The number of benzene rings is 1. The molecule has 1 saturated heterocycles. The number of nitrogens with zero attached hydrogens (tertiary/aromatic N) is 1. The third-order valence-electron chi connectivity index (χ3n) is 2.50. The Morgan fingerprint density at radius 1 is 1.29 bits per heavy atom. The van der Waals surface area contributed by atoms with E-state index in [1.165, 1.54) is 4.31 Å². The lowest BCUT2D eigenvalue weighted by Gasteiger charge is -2.25. The Kier molecular flexibility index (Phi) is 4.41. The minimum Gasteiger partial charge on any atom is -0.207 e. The van der Waals surface area contributed by atoms with Gasteiger partial charge in [0, 0.05) is 29.1 Å². The maximum absolute atomic E-state index is 12.3. The van der Waals surface area contributed by atoms with E-state index in [1.54, 1.807) is 30.0 Å². The van der Waals surface area contributed by atoms with Gasteiger partial charge in [0.05, 0.1) is 9.92 Å². The van der Waals surface area contributed by atoms with E-state index in [0.29, 0.717) is 27.5 Å². The van der Waals surface area contributed by atoms with Gasteiger partial charge in [-0.25, -0.2) is 8.42 Å². The van der Waals surface area contributed by atoms with Gasteiger partial charge in [-0.05, 0) is 34.1 Å². The van der Waals surface area contributed by atoms with Crippen molar-refractivity contribution in [3.8, 4) is 0 Å². The van der Waals surface area contributed by atoms with E-state index in [-0.39, 0.29) is 0 Å². The Balaban J connectivity index is 2.33. The summed E-state index contributed by atoms with van der Waals surface area (Å²) in [5, 5.41) is 0.512. The number of thioether (sulfide) groups is 1. The summed E-state index contributed by atoms with van der Waals surface area (Å²) in [6.45, 7) is 1.15. The molecule has 0 aliphatic carbocycles. The minimum absolute atomic E-state index is 0.292. The zero-order valence-electron chi connectivity index (χ0n) is 8.90. The minimum atomic E-state index is -3.37. The van der Waals surface area contributed by atoms with Crippen LogP contribution in [0.4, 0.5) is 0 Å². The topological polar surface area (TPSA) is 37.4 Å². The van der Waals surface area contributed by atoms with Crippen LogP contribution >= 0.6 is 39.3 Å². The van der Waals surface area contributed by atoms with Gasteiger partial charge in [0.1, 0.15) is 0 Å². The van der Waals surface area contributed by atoms with Crippen molar-refractivity contribution in [3.05, 3.63) is 27.7 Å². The molecule has 1 heterocycles. The van der Waals surface area contributed by atoms with Gasteiger partial charge in [-0.15, -0.1) is 0 Å². The first-order valence-corrected chi connectivity index (χ1v) is 8.81. The molecule has 0 radical (unpaired) electrons. The van der Waals surface area contributed by atoms with Crippen molar-refractivity contribution in [3.63, 3.8) is 0 Å². The van der Waals surface area contributed by atoms with Gasteiger partial charge >= 0.3 is 0 Å². The molecule has 94 valence electrons. The Morgan fingerprint density at radius 3 is 2.53 bits per heavy atom. The van der Waals surface area contributed by atoms with Crippen molar-refractivity contribution in [2.45, 2.75) is 4.90 Å². The first-order chi connectivity index (χ1) is 8.01. The van der Waals surface area contributed by atoms with E-state index in [4.69, 9.17) is 11.6 Å². The Morgan fingerprint density at radius 2 is 1.94 bits per heavy atom. The third-order valence-corrected chi connectivity index (χ3v) is 6.55. The molecule has 0 unspecified atom stereocenters. The van der Waals surface area contributed by atoms with Gasteiger partial charge in [-0.1, -0.05) is 11.6 Å². The van der Waals surface area contributed by atoms with Crippen LogP contribution in [0.1, 0.15) is 0 Å². The third kappa shape index (κ3) is 2.98. The van der Waals surface area contributed by atoms with Gasteiger partial charge < -0.3 is 0 Å². The summed E-state index contributed by atoms with van der Waals surface area (Å²) in [6.07, 6.45) is 0. The lowest BCUT2D eigenvalue weighted by Crippen LogP contribution is -2.37. The summed E-state index contributed by atoms with van der Waals surface area (Å²) in [4.78, 5) is 0.292. The first kappa shape index (κ1) is 13.7. The van der Waals surface area contributed by atoms with Crippen LogP contribution in [0.3, 0.4) is 0 Å². The summed E-state index contributed by atoms with van der Waals surface area (Å²) >= 11 is 10.9. The Hall–Kier alpha value is 0.250. The fourth-order valence-corrected chi connectivity index (χ4v) is 4.82. The van der Waals surface area contributed by atoms with Gasteiger partial charge in [0.15, 0.2) is 0 Å². The molecule has 1 aromatic rings. The van der Waals surface area contributed by atoms with Crippen LogP contribution in [0.2, 0.25) is 5.02 Å². The van der Waals surface area contributed by atoms with E-state index in [9.17, 15) is 8.42 Å². The number of halogens is 2. The number of hydrogen-bond donors (Lipinski definition) is 0. The van der Waals surface area contributed by atoms with Gasteiger partial charge in [0.2, 0.25) is 10.0 Å². The van der Waals surface area contributed by atoms with E-state index >= 15 is 0 Å². The fourth-order valence-electron chi connectivity index (χ4n) is 1.57. The standard InChI is InChI=1S/C10H11BrClNO2S2/c11-9-7-8(1-2-10(9)12)17(14,15)13-3-5-16-6-4-13/h1-2,7H,3-6H2. The Bertz CT molecular complexity index is 515. The highest BCUT2D eigenvalue weighted by molar-refractivity contribution is 9.10. The SMILES string of the molecule is O=S(=O)(c1ccc(Cl)c(Br)c1)N1CCSCC1. The van der Waals surface area contributed by atoms with Crippen molar-refractivity contribution in [2.75, 3.05) is 24.6 Å². The van der Waals surface area contributed by atoms with Crippen LogP contribution in [0, 0.1) is 0 Å². The van der Waals surface area contributed by atoms with Gasteiger partial charge in [0.25, 0.3) is 0 Å². The smallest absolute Gasteiger partial charge is 0.207 e. The average molecular weight is 357 g/mol. The number of sulfonamides is 1. The van der Waals surface area contributed by atoms with Crippen molar-refractivity contribution < 1.29 is 8.42 Å². The summed E-state index contributed by atoms with van der Waals surface area (Å²) in [5.74, 6) is 1.71. The second-order valence-corrected chi connectivity index (χ2v) is 8.02. The molecular weight excluding hydrogens is 346 g/mol. The second kappa shape index (κ2) is 5.48. The molecule has 1 aromatic carbocycles. The van der Waals surface area contributed by atoms with Crippen molar-refractivity contribution in [1.29, 1.82) is 0 Å². The Labute approximate surface area is 119 Å². The molecule has 1 aliphatic heterocycles. The van der Waals surface area contributed by atoms with Crippen LogP contribution < -0.4 is 0 Å². The summed E-state index contributed by atoms with van der Waals surface area (Å²) in [5.41, 5.74) is 0. The number of rotatable bonds is 2. The highest BCUT2D eigenvalue weighted by Gasteiger charge is 2.26. The maximum atomic E-state index is 12.3. The zero-order chi connectivity index (χ0) is 12.5. The highest BCUT2D eigenvalue weighted by atomic mass is 79.9. The van der Waals surface area contributed by atoms with Crippen LogP contribution in [0.15, 0.2) is 27.6 Å². The molecule has 1 fully saturated rings. The van der Waals surface area contributed by atoms with Gasteiger partial charge in [-0.3, -0.25) is 0 Å². The molecular formula is C10H11BrClNO2S2. The summed E-state index contributed by atoms with van der Waals surface area (Å²) < 4.78 is 26.7. The fraction of sp³-hybridized carbons (Fsp3) is 0.400. The quantitative estimate of drug-likeness (QED) is 0.818. The second-order valence-electron chi connectivity index (χ2n) is 3.59. The molecule has 0 aromatic heterocycles. The van der Waals surface area contributed by atoms with Crippen LogP contribution in [-0.2, 0) is 10.0 Å². The monoisotopic (exact) mass is 355 g/mol. The normalized spacial score (nSPS) is 18.2. The van der Waals surface area contributed by atoms with Crippen LogP contribution in [-0.4, -0.2) is 37.3 Å². The summed E-state index contributed by atoms with van der Waals surface area (Å²) in [6, 6.07) is 4.70. The average Bonchev–Trinajstić information content (AvgIpc) is 2.33. The molecule has 2 rings (SSSR count). The molecule has 0 bridgehead atoms. The maximum Gasteiger partial charge on any atom is 0.243 e. The molecule has 0 N–H and O–H groups in total. The van der Waals surface area contributed by atoms with Crippen LogP contribution in [0.5, 0.6) is 0 Å². The molecule has 7 heteroatoms. The number of hydrogen-bond acceptors (Lipinski definition) is 3. The molecule has 0 amide bonds. The molecule has 1 aliphatic rings. The van der Waals surface area contributed by atoms with Crippen LogP contribution in [0.25, 0.3) is 0 Å². The highest BCUT2D eigenvalue weighted by Crippen LogP contribution is 2.27. The van der Waals surface area contributed by atoms with Crippen molar-refractivity contribution >= 4 is 49.3 Å². The largest absolute Gasteiger partial charge is 0.243 e. The van der Waals surface area contributed by atoms with Crippen molar-refractivity contribution in [1.82, 2.24) is 4.31 Å². The predicted molar refractivity (Wildman–Crippen MR) is 75.2 cm³/mol. The van der Waals surface area contributed by atoms with E-state index in [2.05, 4.69) is 15.9 Å². The lowest BCUT2D eigenvalue weighted by molar-refractivity contribution is 0.443.